The Morgan fingerprint density at radius 1 is 1.57 bits per heavy atom. The Morgan fingerprint density at radius 2 is 2.33 bits per heavy atom. The number of carbonyl (C=O) groups excluding carboxylic acids is 1. The topological polar surface area (TPSA) is 103 Å². The highest BCUT2D eigenvalue weighted by atomic mass is 16.6. The van der Waals surface area contributed by atoms with Crippen molar-refractivity contribution in [3.63, 3.8) is 0 Å². The van der Waals surface area contributed by atoms with Gasteiger partial charge in [0.1, 0.15) is 12.3 Å². The number of amides is 1. The normalized spacial score (nSPS) is 28.6. The van der Waals surface area contributed by atoms with Crippen LogP contribution in [-0.4, -0.2) is 45.5 Å². The Morgan fingerprint density at radius 3 is 3.05 bits per heavy atom. The fourth-order valence-corrected chi connectivity index (χ4v) is 3.08. The minimum Gasteiger partial charge on any atom is -0.444 e. The van der Waals surface area contributed by atoms with Gasteiger partial charge in [0.2, 0.25) is 5.82 Å². The summed E-state index contributed by atoms with van der Waals surface area (Å²) in [6.07, 6.45) is 1.95. The zero-order valence-corrected chi connectivity index (χ0v) is 11.9. The standard InChI is InChI=1S/C12H17N5O4/c1-12-4-6-16(5-3-9(12)21-11(18)14-12)10-8(17(19)20)7-13-15(10)2/h7,9H,3-6H2,1-2H3,(H,14,18). The van der Waals surface area contributed by atoms with Gasteiger partial charge in [-0.05, 0) is 13.3 Å². The SMILES string of the molecule is Cn1ncc([N+](=O)[O-])c1N1CCC2OC(=O)NC2(C)CC1. The summed E-state index contributed by atoms with van der Waals surface area (Å²) in [4.78, 5) is 24.0. The molecule has 2 aliphatic rings. The number of ether oxygens (including phenoxy) is 1. The lowest BCUT2D eigenvalue weighted by atomic mass is 9.91. The molecule has 0 bridgehead atoms. The van der Waals surface area contributed by atoms with Gasteiger partial charge in [-0.25, -0.2) is 9.48 Å². The summed E-state index contributed by atoms with van der Waals surface area (Å²) in [6, 6.07) is 0. The minimum atomic E-state index is -0.423. The molecule has 1 aromatic rings. The highest BCUT2D eigenvalue weighted by Gasteiger charge is 2.46. The first-order valence-corrected chi connectivity index (χ1v) is 6.81. The quantitative estimate of drug-likeness (QED) is 0.639. The minimum absolute atomic E-state index is 0.000309. The molecule has 0 radical (unpaired) electrons. The van der Waals surface area contributed by atoms with E-state index >= 15 is 0 Å². The molecule has 9 nitrogen and oxygen atoms in total. The van der Waals surface area contributed by atoms with Gasteiger partial charge >= 0.3 is 11.8 Å². The first kappa shape index (κ1) is 13.7. The number of anilines is 1. The summed E-state index contributed by atoms with van der Waals surface area (Å²) in [5, 5.41) is 17.9. The van der Waals surface area contributed by atoms with Crippen molar-refractivity contribution in [2.75, 3.05) is 18.0 Å². The second-order valence-electron chi connectivity index (χ2n) is 5.70. The van der Waals surface area contributed by atoms with Crippen LogP contribution in [-0.2, 0) is 11.8 Å². The van der Waals surface area contributed by atoms with Crippen molar-refractivity contribution in [2.45, 2.75) is 31.4 Å². The molecule has 0 saturated carbocycles. The number of nitro groups is 1. The van der Waals surface area contributed by atoms with Crippen molar-refractivity contribution in [2.24, 2.45) is 7.05 Å². The Kier molecular flexibility index (Phi) is 2.99. The zero-order chi connectivity index (χ0) is 15.2. The molecule has 0 aliphatic carbocycles. The van der Waals surface area contributed by atoms with E-state index in [0.717, 1.165) is 0 Å². The molecular formula is C12H17N5O4. The second kappa shape index (κ2) is 4.61. The molecule has 9 heteroatoms. The van der Waals surface area contributed by atoms with Crippen molar-refractivity contribution in [1.29, 1.82) is 0 Å². The zero-order valence-electron chi connectivity index (χ0n) is 11.9. The van der Waals surface area contributed by atoms with E-state index in [-0.39, 0.29) is 17.9 Å². The third kappa shape index (κ3) is 2.18. The maximum atomic E-state index is 11.4. The number of fused-ring (bicyclic) bond motifs is 1. The Labute approximate surface area is 121 Å². The number of hydrogen-bond donors (Lipinski definition) is 1. The molecule has 2 atom stereocenters. The van der Waals surface area contributed by atoms with E-state index in [4.69, 9.17) is 4.74 Å². The van der Waals surface area contributed by atoms with E-state index in [9.17, 15) is 14.9 Å². The molecule has 21 heavy (non-hydrogen) atoms. The highest BCUT2D eigenvalue weighted by Crippen LogP contribution is 2.34. The molecule has 3 rings (SSSR count). The molecule has 3 heterocycles. The molecule has 2 unspecified atom stereocenters. The number of aromatic nitrogens is 2. The van der Waals surface area contributed by atoms with E-state index in [1.54, 1.807) is 7.05 Å². The van der Waals surface area contributed by atoms with Crippen LogP contribution < -0.4 is 10.2 Å². The molecular weight excluding hydrogens is 278 g/mol. The van der Waals surface area contributed by atoms with Gasteiger partial charge in [-0.2, -0.15) is 5.10 Å². The van der Waals surface area contributed by atoms with E-state index in [1.807, 2.05) is 11.8 Å². The van der Waals surface area contributed by atoms with Crippen LogP contribution in [0.4, 0.5) is 16.3 Å². The summed E-state index contributed by atoms with van der Waals surface area (Å²) in [5.74, 6) is 0.495. The van der Waals surface area contributed by atoms with Crippen LogP contribution in [0.5, 0.6) is 0 Å². The summed E-state index contributed by atoms with van der Waals surface area (Å²) >= 11 is 0. The fourth-order valence-electron chi connectivity index (χ4n) is 3.08. The van der Waals surface area contributed by atoms with Gasteiger partial charge in [-0.1, -0.05) is 0 Å². The Balaban J connectivity index is 1.85. The monoisotopic (exact) mass is 295 g/mol. The number of nitrogens with zero attached hydrogens (tertiary/aromatic N) is 4. The van der Waals surface area contributed by atoms with Crippen molar-refractivity contribution in [3.05, 3.63) is 16.3 Å². The lowest BCUT2D eigenvalue weighted by Gasteiger charge is -2.25. The number of hydrogen-bond acceptors (Lipinski definition) is 6. The van der Waals surface area contributed by atoms with E-state index in [0.29, 0.717) is 31.7 Å². The van der Waals surface area contributed by atoms with Gasteiger partial charge in [-0.3, -0.25) is 10.1 Å². The van der Waals surface area contributed by atoms with Crippen LogP contribution in [0.25, 0.3) is 0 Å². The van der Waals surface area contributed by atoms with Gasteiger partial charge in [-0.15, -0.1) is 0 Å². The van der Waals surface area contributed by atoms with Crippen molar-refractivity contribution >= 4 is 17.6 Å². The molecule has 1 aromatic heterocycles. The summed E-state index contributed by atoms with van der Waals surface area (Å²) in [5.41, 5.74) is -0.418. The van der Waals surface area contributed by atoms with Crippen molar-refractivity contribution in [3.8, 4) is 0 Å². The van der Waals surface area contributed by atoms with Crippen molar-refractivity contribution in [1.82, 2.24) is 15.1 Å². The molecule has 114 valence electrons. The summed E-state index contributed by atoms with van der Waals surface area (Å²) in [7, 11) is 1.69. The summed E-state index contributed by atoms with van der Waals surface area (Å²) in [6.45, 7) is 3.12. The highest BCUT2D eigenvalue weighted by molar-refractivity contribution is 5.71. The molecule has 0 spiro atoms. The third-order valence-electron chi connectivity index (χ3n) is 4.29. The second-order valence-corrected chi connectivity index (χ2v) is 5.70. The molecule has 0 aromatic carbocycles. The molecule has 1 amide bonds. The first-order chi connectivity index (χ1) is 9.90. The van der Waals surface area contributed by atoms with Gasteiger partial charge < -0.3 is 15.0 Å². The fraction of sp³-hybridized carbons (Fsp3) is 0.667. The Hall–Kier alpha value is -2.32. The number of rotatable bonds is 2. The summed E-state index contributed by atoms with van der Waals surface area (Å²) < 4.78 is 6.80. The van der Waals surface area contributed by atoms with E-state index < -0.39 is 10.5 Å². The van der Waals surface area contributed by atoms with Gasteiger partial charge in [0.05, 0.1) is 10.5 Å². The van der Waals surface area contributed by atoms with Crippen LogP contribution in [0, 0.1) is 10.1 Å². The largest absolute Gasteiger partial charge is 0.444 e. The van der Waals surface area contributed by atoms with Crippen LogP contribution in [0.3, 0.4) is 0 Å². The Bertz CT molecular complexity index is 600. The van der Waals surface area contributed by atoms with Crippen LogP contribution in [0.1, 0.15) is 19.8 Å². The first-order valence-electron chi connectivity index (χ1n) is 6.81. The molecule has 2 saturated heterocycles. The number of aryl methyl sites for hydroxylation is 1. The van der Waals surface area contributed by atoms with Crippen LogP contribution in [0.15, 0.2) is 6.20 Å². The average molecular weight is 295 g/mol. The molecule has 1 N–H and O–H groups in total. The van der Waals surface area contributed by atoms with Crippen molar-refractivity contribution < 1.29 is 14.5 Å². The lowest BCUT2D eigenvalue weighted by molar-refractivity contribution is -0.384. The average Bonchev–Trinajstić information content (AvgIpc) is 2.87. The molecule has 2 fully saturated rings. The van der Waals surface area contributed by atoms with Crippen LogP contribution >= 0.6 is 0 Å². The maximum Gasteiger partial charge on any atom is 0.408 e. The predicted molar refractivity (Wildman–Crippen MR) is 73.1 cm³/mol. The van der Waals surface area contributed by atoms with E-state index in [1.165, 1.54) is 10.9 Å². The lowest BCUT2D eigenvalue weighted by Crippen LogP contribution is -2.45. The smallest absolute Gasteiger partial charge is 0.408 e. The number of carbonyl (C=O) groups is 1. The van der Waals surface area contributed by atoms with Gasteiger partial charge in [0.25, 0.3) is 0 Å². The predicted octanol–water partition coefficient (Wildman–Crippen LogP) is 0.796. The molecule has 2 aliphatic heterocycles. The third-order valence-corrected chi connectivity index (χ3v) is 4.29. The number of alkyl carbamates (subject to hydrolysis) is 1. The van der Waals surface area contributed by atoms with Crippen LogP contribution in [0.2, 0.25) is 0 Å². The van der Waals surface area contributed by atoms with E-state index in [2.05, 4.69) is 10.4 Å². The number of nitrogens with one attached hydrogen (secondary N) is 1. The van der Waals surface area contributed by atoms with Gasteiger partial charge in [0.15, 0.2) is 0 Å². The van der Waals surface area contributed by atoms with Gasteiger partial charge in [0, 0.05) is 26.6 Å². The maximum absolute atomic E-state index is 11.4.